The predicted octanol–water partition coefficient (Wildman–Crippen LogP) is 4.18. The quantitative estimate of drug-likeness (QED) is 0.779. The van der Waals surface area contributed by atoms with Gasteiger partial charge >= 0.3 is 5.97 Å². The third-order valence-corrected chi connectivity index (χ3v) is 3.95. The molecule has 1 saturated carbocycles. The van der Waals surface area contributed by atoms with Crippen molar-refractivity contribution < 1.29 is 9.53 Å². The van der Waals surface area contributed by atoms with E-state index in [0.29, 0.717) is 11.5 Å². The summed E-state index contributed by atoms with van der Waals surface area (Å²) >= 11 is 0. The summed E-state index contributed by atoms with van der Waals surface area (Å²) in [5.74, 6) is 0.127. The van der Waals surface area contributed by atoms with Crippen LogP contribution in [0.5, 0.6) is 0 Å². The number of esters is 1. The number of rotatable bonds is 3. The normalized spacial score (nSPS) is 21.6. The zero-order valence-electron chi connectivity index (χ0n) is 11.4. The molecule has 0 spiro atoms. The summed E-state index contributed by atoms with van der Waals surface area (Å²) in [6, 6.07) is 19.6. The highest BCUT2D eigenvalue weighted by atomic mass is 16.5. The maximum atomic E-state index is 12.2. The number of carbonyl (C=O) groups excluding carboxylic acids is 1. The van der Waals surface area contributed by atoms with E-state index in [9.17, 15) is 4.79 Å². The Morgan fingerprint density at radius 2 is 1.55 bits per heavy atom. The van der Waals surface area contributed by atoms with Gasteiger partial charge in [0.15, 0.2) is 0 Å². The summed E-state index contributed by atoms with van der Waals surface area (Å²) in [6.45, 7) is 0. The van der Waals surface area contributed by atoms with Gasteiger partial charge in [-0.15, -0.1) is 0 Å². The van der Waals surface area contributed by atoms with E-state index in [1.807, 2.05) is 36.4 Å². The predicted molar refractivity (Wildman–Crippen MR) is 78.7 cm³/mol. The first-order valence-electron chi connectivity index (χ1n) is 7.15. The van der Waals surface area contributed by atoms with E-state index >= 15 is 0 Å². The third kappa shape index (κ3) is 2.74. The van der Waals surface area contributed by atoms with E-state index in [2.05, 4.69) is 12.1 Å². The van der Waals surface area contributed by atoms with Crippen molar-refractivity contribution in [1.82, 2.24) is 0 Å². The SMILES string of the molecule is O=C(O[C@H]1CCC[C@H]1c1ccccc1)c1ccccc1. The van der Waals surface area contributed by atoms with Gasteiger partial charge in [-0.1, -0.05) is 48.5 Å². The van der Waals surface area contributed by atoms with Crippen LogP contribution in [0.4, 0.5) is 0 Å². The van der Waals surface area contributed by atoms with Crippen LogP contribution in [0.1, 0.15) is 41.1 Å². The van der Waals surface area contributed by atoms with E-state index in [1.165, 1.54) is 5.56 Å². The first-order valence-corrected chi connectivity index (χ1v) is 7.15. The number of hydrogen-bond acceptors (Lipinski definition) is 2. The highest BCUT2D eigenvalue weighted by Crippen LogP contribution is 2.36. The van der Waals surface area contributed by atoms with Crippen molar-refractivity contribution in [1.29, 1.82) is 0 Å². The van der Waals surface area contributed by atoms with Crippen molar-refractivity contribution >= 4 is 5.97 Å². The summed E-state index contributed by atoms with van der Waals surface area (Å²) in [5.41, 5.74) is 1.90. The summed E-state index contributed by atoms with van der Waals surface area (Å²) < 4.78 is 5.73. The Morgan fingerprint density at radius 3 is 2.25 bits per heavy atom. The molecular formula is C18H18O2. The highest BCUT2D eigenvalue weighted by molar-refractivity contribution is 5.89. The molecule has 0 aliphatic heterocycles. The molecule has 0 unspecified atom stereocenters. The fourth-order valence-electron chi connectivity index (χ4n) is 2.93. The number of ether oxygens (including phenoxy) is 1. The second-order valence-electron chi connectivity index (χ2n) is 5.26. The van der Waals surface area contributed by atoms with Crippen LogP contribution in [0.2, 0.25) is 0 Å². The van der Waals surface area contributed by atoms with Gasteiger partial charge < -0.3 is 4.74 Å². The lowest BCUT2D eigenvalue weighted by Crippen LogP contribution is -2.21. The summed E-state index contributed by atoms with van der Waals surface area (Å²) in [7, 11) is 0. The van der Waals surface area contributed by atoms with E-state index in [0.717, 1.165) is 19.3 Å². The molecular weight excluding hydrogens is 248 g/mol. The molecule has 2 aromatic rings. The van der Waals surface area contributed by atoms with Gasteiger partial charge in [0, 0.05) is 5.92 Å². The summed E-state index contributed by atoms with van der Waals surface area (Å²) in [6.07, 6.45) is 3.17. The first kappa shape index (κ1) is 12.9. The molecule has 0 heterocycles. The van der Waals surface area contributed by atoms with Crippen LogP contribution >= 0.6 is 0 Å². The summed E-state index contributed by atoms with van der Waals surface area (Å²) in [5, 5.41) is 0. The van der Waals surface area contributed by atoms with Gasteiger partial charge in [-0.25, -0.2) is 4.79 Å². The maximum absolute atomic E-state index is 12.2. The van der Waals surface area contributed by atoms with Crippen molar-refractivity contribution in [2.45, 2.75) is 31.3 Å². The van der Waals surface area contributed by atoms with Crippen LogP contribution in [0.15, 0.2) is 60.7 Å². The molecule has 2 nitrogen and oxygen atoms in total. The molecule has 2 aromatic carbocycles. The molecule has 2 heteroatoms. The lowest BCUT2D eigenvalue weighted by atomic mass is 9.96. The van der Waals surface area contributed by atoms with Gasteiger partial charge in [0.1, 0.15) is 6.10 Å². The molecule has 1 aliphatic rings. The molecule has 102 valence electrons. The third-order valence-electron chi connectivity index (χ3n) is 3.95. The molecule has 0 amide bonds. The van der Waals surface area contributed by atoms with Crippen molar-refractivity contribution in [2.75, 3.05) is 0 Å². The molecule has 0 N–H and O–H groups in total. The van der Waals surface area contributed by atoms with Crippen LogP contribution in [0.3, 0.4) is 0 Å². The smallest absolute Gasteiger partial charge is 0.338 e. The Morgan fingerprint density at radius 1 is 0.900 bits per heavy atom. The van der Waals surface area contributed by atoms with Crippen molar-refractivity contribution in [3.8, 4) is 0 Å². The van der Waals surface area contributed by atoms with Gasteiger partial charge in [0.05, 0.1) is 5.56 Å². The second kappa shape index (κ2) is 5.91. The minimum atomic E-state index is -0.210. The average molecular weight is 266 g/mol. The highest BCUT2D eigenvalue weighted by Gasteiger charge is 2.31. The van der Waals surface area contributed by atoms with Crippen molar-refractivity contribution in [3.63, 3.8) is 0 Å². The lowest BCUT2D eigenvalue weighted by molar-refractivity contribution is 0.0279. The Hall–Kier alpha value is -2.09. The Labute approximate surface area is 119 Å². The maximum Gasteiger partial charge on any atom is 0.338 e. The summed E-state index contributed by atoms with van der Waals surface area (Å²) in [4.78, 5) is 12.2. The fourth-order valence-corrected chi connectivity index (χ4v) is 2.93. The minimum Gasteiger partial charge on any atom is -0.458 e. The van der Waals surface area contributed by atoms with E-state index in [1.54, 1.807) is 12.1 Å². The second-order valence-corrected chi connectivity index (χ2v) is 5.26. The van der Waals surface area contributed by atoms with Crippen LogP contribution in [-0.2, 0) is 4.74 Å². The minimum absolute atomic E-state index is 0.00473. The molecule has 0 radical (unpaired) electrons. The standard InChI is InChI=1S/C18H18O2/c19-18(15-10-5-2-6-11-15)20-17-13-7-12-16(17)14-8-3-1-4-9-14/h1-6,8-11,16-17H,7,12-13H2/t16-,17-/m0/s1. The number of hydrogen-bond donors (Lipinski definition) is 0. The fraction of sp³-hybridized carbons (Fsp3) is 0.278. The van der Waals surface area contributed by atoms with Gasteiger partial charge in [-0.05, 0) is 37.0 Å². The largest absolute Gasteiger partial charge is 0.458 e. The Bertz CT molecular complexity index is 562. The van der Waals surface area contributed by atoms with E-state index in [-0.39, 0.29) is 12.1 Å². The Kier molecular flexibility index (Phi) is 3.82. The number of benzene rings is 2. The molecule has 3 rings (SSSR count). The van der Waals surface area contributed by atoms with Crippen LogP contribution in [0.25, 0.3) is 0 Å². The molecule has 0 saturated heterocycles. The monoisotopic (exact) mass is 266 g/mol. The zero-order valence-corrected chi connectivity index (χ0v) is 11.4. The topological polar surface area (TPSA) is 26.3 Å². The van der Waals surface area contributed by atoms with Crippen LogP contribution in [-0.4, -0.2) is 12.1 Å². The lowest BCUT2D eigenvalue weighted by Gasteiger charge is -2.20. The molecule has 1 aliphatic carbocycles. The van der Waals surface area contributed by atoms with Crippen molar-refractivity contribution in [3.05, 3.63) is 71.8 Å². The van der Waals surface area contributed by atoms with Crippen molar-refractivity contribution in [2.24, 2.45) is 0 Å². The van der Waals surface area contributed by atoms with Gasteiger partial charge in [-0.2, -0.15) is 0 Å². The molecule has 2 atom stereocenters. The van der Waals surface area contributed by atoms with Gasteiger partial charge in [0.25, 0.3) is 0 Å². The first-order chi connectivity index (χ1) is 9.84. The van der Waals surface area contributed by atoms with E-state index in [4.69, 9.17) is 4.74 Å². The molecule has 20 heavy (non-hydrogen) atoms. The van der Waals surface area contributed by atoms with Crippen LogP contribution in [0, 0.1) is 0 Å². The van der Waals surface area contributed by atoms with Gasteiger partial charge in [0.2, 0.25) is 0 Å². The average Bonchev–Trinajstić information content (AvgIpc) is 2.97. The van der Waals surface area contributed by atoms with Gasteiger partial charge in [-0.3, -0.25) is 0 Å². The zero-order chi connectivity index (χ0) is 13.8. The van der Waals surface area contributed by atoms with Crippen LogP contribution < -0.4 is 0 Å². The molecule has 0 bridgehead atoms. The molecule has 1 fully saturated rings. The molecule has 0 aromatic heterocycles. The van der Waals surface area contributed by atoms with E-state index < -0.39 is 0 Å². The number of carbonyl (C=O) groups is 1. The Balaban J connectivity index is 1.72.